The molecule has 16 heavy (non-hydrogen) atoms. The second-order valence-electron chi connectivity index (χ2n) is 3.99. The Labute approximate surface area is 95.1 Å². The van der Waals surface area contributed by atoms with E-state index in [1.165, 1.54) is 5.56 Å². The normalized spacial score (nSPS) is 12.7. The van der Waals surface area contributed by atoms with Crippen molar-refractivity contribution in [1.29, 1.82) is 0 Å². The fourth-order valence-corrected chi connectivity index (χ4v) is 1.82. The molecular weight excluding hydrogens is 200 g/mol. The predicted octanol–water partition coefficient (Wildman–Crippen LogP) is 2.09. The fourth-order valence-electron chi connectivity index (χ4n) is 1.82. The molecule has 4 nitrogen and oxygen atoms in total. The van der Waals surface area contributed by atoms with Gasteiger partial charge in [0, 0.05) is 5.69 Å². The summed E-state index contributed by atoms with van der Waals surface area (Å²) in [7, 11) is 0. The van der Waals surface area contributed by atoms with Gasteiger partial charge in [0.1, 0.15) is 11.6 Å². The van der Waals surface area contributed by atoms with E-state index < -0.39 is 0 Å². The van der Waals surface area contributed by atoms with Crippen molar-refractivity contribution in [1.82, 2.24) is 14.8 Å². The molecule has 0 radical (unpaired) electrons. The van der Waals surface area contributed by atoms with E-state index >= 15 is 0 Å². The molecule has 1 unspecified atom stereocenters. The van der Waals surface area contributed by atoms with Crippen molar-refractivity contribution in [3.05, 3.63) is 41.5 Å². The van der Waals surface area contributed by atoms with Crippen LogP contribution in [0.5, 0.6) is 0 Å². The first-order chi connectivity index (χ1) is 7.58. The number of hydrogen-bond acceptors (Lipinski definition) is 3. The zero-order chi connectivity index (χ0) is 11.7. The van der Waals surface area contributed by atoms with Crippen LogP contribution >= 0.6 is 0 Å². The molecule has 2 rings (SSSR count). The topological polar surface area (TPSA) is 56.7 Å². The maximum Gasteiger partial charge on any atom is 0.147 e. The van der Waals surface area contributed by atoms with Crippen LogP contribution in [0.1, 0.15) is 30.2 Å². The lowest BCUT2D eigenvalue weighted by molar-refractivity contribution is 0.544. The SMILES string of the molecule is Cc1nc(C)n(C(C)c2ccc(N)cc2)n1. The highest BCUT2D eigenvalue weighted by Crippen LogP contribution is 2.19. The van der Waals surface area contributed by atoms with Gasteiger partial charge in [-0.05, 0) is 38.5 Å². The minimum Gasteiger partial charge on any atom is -0.399 e. The van der Waals surface area contributed by atoms with Gasteiger partial charge in [-0.2, -0.15) is 5.10 Å². The Kier molecular flexibility index (Phi) is 2.64. The van der Waals surface area contributed by atoms with Gasteiger partial charge >= 0.3 is 0 Å². The molecule has 1 aromatic heterocycles. The summed E-state index contributed by atoms with van der Waals surface area (Å²) in [4.78, 5) is 4.30. The molecular formula is C12H16N4. The second kappa shape index (κ2) is 3.96. The van der Waals surface area contributed by atoms with Crippen molar-refractivity contribution >= 4 is 5.69 Å². The summed E-state index contributed by atoms with van der Waals surface area (Å²) in [6.45, 7) is 5.97. The fraction of sp³-hybridized carbons (Fsp3) is 0.333. The Morgan fingerprint density at radius 3 is 2.31 bits per heavy atom. The summed E-state index contributed by atoms with van der Waals surface area (Å²) in [5.74, 6) is 1.74. The summed E-state index contributed by atoms with van der Waals surface area (Å²) in [6, 6.07) is 8.05. The summed E-state index contributed by atoms with van der Waals surface area (Å²) >= 11 is 0. The van der Waals surface area contributed by atoms with Crippen molar-refractivity contribution in [2.75, 3.05) is 5.73 Å². The van der Waals surface area contributed by atoms with Crippen LogP contribution in [-0.4, -0.2) is 14.8 Å². The van der Waals surface area contributed by atoms with E-state index in [9.17, 15) is 0 Å². The average Bonchev–Trinajstić information content (AvgIpc) is 2.58. The Hall–Kier alpha value is -1.84. The van der Waals surface area contributed by atoms with Crippen molar-refractivity contribution in [3.63, 3.8) is 0 Å². The minimum absolute atomic E-state index is 0.182. The monoisotopic (exact) mass is 216 g/mol. The molecule has 0 spiro atoms. The standard InChI is InChI=1S/C12H16N4/c1-8(11-4-6-12(13)7-5-11)16-10(3)14-9(2)15-16/h4-8H,13H2,1-3H3. The molecule has 0 bridgehead atoms. The van der Waals surface area contributed by atoms with E-state index in [-0.39, 0.29) is 6.04 Å². The number of aromatic nitrogens is 3. The predicted molar refractivity (Wildman–Crippen MR) is 64.2 cm³/mol. The third kappa shape index (κ3) is 1.91. The number of benzene rings is 1. The Morgan fingerprint density at radius 1 is 1.19 bits per heavy atom. The molecule has 2 N–H and O–H groups in total. The first kappa shape index (κ1) is 10.7. The highest BCUT2D eigenvalue weighted by molar-refractivity contribution is 5.40. The van der Waals surface area contributed by atoms with Gasteiger partial charge in [0.15, 0.2) is 0 Å². The number of anilines is 1. The lowest BCUT2D eigenvalue weighted by Gasteiger charge is -2.13. The van der Waals surface area contributed by atoms with Crippen LogP contribution in [0.25, 0.3) is 0 Å². The number of nitrogens with zero attached hydrogens (tertiary/aromatic N) is 3. The minimum atomic E-state index is 0.182. The van der Waals surface area contributed by atoms with Crippen molar-refractivity contribution in [3.8, 4) is 0 Å². The molecule has 1 atom stereocenters. The van der Waals surface area contributed by atoms with Crippen LogP contribution in [-0.2, 0) is 0 Å². The van der Waals surface area contributed by atoms with E-state index in [0.717, 1.165) is 17.3 Å². The Bertz CT molecular complexity index is 484. The number of nitrogens with two attached hydrogens (primary N) is 1. The molecule has 0 aliphatic heterocycles. The van der Waals surface area contributed by atoms with E-state index in [1.807, 2.05) is 42.8 Å². The maximum absolute atomic E-state index is 5.66. The summed E-state index contributed by atoms with van der Waals surface area (Å²) in [6.07, 6.45) is 0. The van der Waals surface area contributed by atoms with Gasteiger partial charge in [-0.25, -0.2) is 9.67 Å². The molecule has 0 aliphatic carbocycles. The van der Waals surface area contributed by atoms with Crippen LogP contribution in [0.2, 0.25) is 0 Å². The van der Waals surface area contributed by atoms with Crippen molar-refractivity contribution < 1.29 is 0 Å². The highest BCUT2D eigenvalue weighted by Gasteiger charge is 2.12. The molecule has 84 valence electrons. The quantitative estimate of drug-likeness (QED) is 0.782. The first-order valence-corrected chi connectivity index (χ1v) is 5.33. The largest absolute Gasteiger partial charge is 0.399 e. The van der Waals surface area contributed by atoms with Gasteiger partial charge in [0.25, 0.3) is 0 Å². The van der Waals surface area contributed by atoms with E-state index in [0.29, 0.717) is 0 Å². The number of aryl methyl sites for hydroxylation is 2. The molecule has 4 heteroatoms. The molecule has 0 aliphatic rings. The van der Waals surface area contributed by atoms with Crippen LogP contribution in [0.4, 0.5) is 5.69 Å². The average molecular weight is 216 g/mol. The van der Waals surface area contributed by atoms with Gasteiger partial charge in [0.05, 0.1) is 6.04 Å². The van der Waals surface area contributed by atoms with E-state index in [2.05, 4.69) is 17.0 Å². The van der Waals surface area contributed by atoms with Gasteiger partial charge in [-0.1, -0.05) is 12.1 Å². The van der Waals surface area contributed by atoms with Gasteiger partial charge < -0.3 is 5.73 Å². The van der Waals surface area contributed by atoms with Gasteiger partial charge in [-0.15, -0.1) is 0 Å². The zero-order valence-corrected chi connectivity index (χ0v) is 9.81. The van der Waals surface area contributed by atoms with Crippen molar-refractivity contribution in [2.45, 2.75) is 26.8 Å². The lowest BCUT2D eigenvalue weighted by atomic mass is 10.1. The smallest absolute Gasteiger partial charge is 0.147 e. The molecule has 0 saturated carbocycles. The second-order valence-corrected chi connectivity index (χ2v) is 3.99. The Morgan fingerprint density at radius 2 is 1.81 bits per heavy atom. The molecule has 0 amide bonds. The van der Waals surface area contributed by atoms with E-state index in [4.69, 9.17) is 5.73 Å². The lowest BCUT2D eigenvalue weighted by Crippen LogP contribution is -2.10. The maximum atomic E-state index is 5.66. The number of nitrogen functional groups attached to an aromatic ring is 1. The highest BCUT2D eigenvalue weighted by atomic mass is 15.4. The van der Waals surface area contributed by atoms with Crippen LogP contribution < -0.4 is 5.73 Å². The third-order valence-corrected chi connectivity index (χ3v) is 2.69. The molecule has 0 saturated heterocycles. The van der Waals surface area contributed by atoms with Gasteiger partial charge in [-0.3, -0.25) is 0 Å². The van der Waals surface area contributed by atoms with E-state index in [1.54, 1.807) is 0 Å². The molecule has 0 fully saturated rings. The number of rotatable bonds is 2. The van der Waals surface area contributed by atoms with Crippen LogP contribution in [0, 0.1) is 13.8 Å². The first-order valence-electron chi connectivity index (χ1n) is 5.33. The van der Waals surface area contributed by atoms with Crippen LogP contribution in [0.3, 0.4) is 0 Å². The summed E-state index contributed by atoms with van der Waals surface area (Å²) in [5, 5.41) is 4.38. The van der Waals surface area contributed by atoms with Crippen molar-refractivity contribution in [2.24, 2.45) is 0 Å². The molecule has 1 heterocycles. The van der Waals surface area contributed by atoms with Crippen LogP contribution in [0.15, 0.2) is 24.3 Å². The Balaban J connectivity index is 2.35. The summed E-state index contributed by atoms with van der Waals surface area (Å²) < 4.78 is 1.93. The third-order valence-electron chi connectivity index (χ3n) is 2.69. The summed E-state index contributed by atoms with van der Waals surface area (Å²) in [5.41, 5.74) is 7.63. The molecule has 1 aromatic carbocycles. The molecule has 2 aromatic rings. The number of hydrogen-bond donors (Lipinski definition) is 1. The zero-order valence-electron chi connectivity index (χ0n) is 9.81. The van der Waals surface area contributed by atoms with Gasteiger partial charge in [0.2, 0.25) is 0 Å².